The van der Waals surface area contributed by atoms with Gasteiger partial charge in [-0.15, -0.1) is 0 Å². The number of fused-ring (bicyclic) bond motifs is 13. The van der Waals surface area contributed by atoms with E-state index in [9.17, 15) is 0 Å². The van der Waals surface area contributed by atoms with Crippen LogP contribution in [0.2, 0.25) is 0 Å². The van der Waals surface area contributed by atoms with E-state index >= 15 is 0 Å². The number of benzene rings is 10. The van der Waals surface area contributed by atoms with Gasteiger partial charge in [0.1, 0.15) is 11.3 Å². The summed E-state index contributed by atoms with van der Waals surface area (Å²) in [5.41, 5.74) is 22.3. The molecular formula is C66H45NOS. The molecule has 2 nitrogen and oxygen atoms in total. The van der Waals surface area contributed by atoms with Gasteiger partial charge in [-0.1, -0.05) is 195 Å². The van der Waals surface area contributed by atoms with Crippen LogP contribution in [-0.4, -0.2) is 0 Å². The molecule has 0 atom stereocenters. The second kappa shape index (κ2) is 15.2. The molecule has 2 aliphatic carbocycles. The highest BCUT2D eigenvalue weighted by Crippen LogP contribution is 2.63. The molecule has 0 bridgehead atoms. The van der Waals surface area contributed by atoms with Gasteiger partial charge < -0.3 is 9.32 Å². The molecule has 0 radical (unpaired) electrons. The Kier molecular flexibility index (Phi) is 8.81. The molecule has 0 saturated carbocycles. The molecule has 1 spiro atoms. The maximum Gasteiger partial charge on any atom is 0.143 e. The van der Waals surface area contributed by atoms with Gasteiger partial charge in [0.05, 0.1) is 11.1 Å². The number of hydrogen-bond donors (Lipinski definition) is 0. The number of furan rings is 1. The van der Waals surface area contributed by atoms with Crippen LogP contribution in [0.4, 0.5) is 17.1 Å². The third-order valence-electron chi connectivity index (χ3n) is 15.2. The first-order valence-corrected chi connectivity index (χ1v) is 24.7. The molecule has 3 heteroatoms. The van der Waals surface area contributed by atoms with Crippen molar-refractivity contribution in [3.8, 4) is 55.8 Å². The van der Waals surface area contributed by atoms with Crippen molar-refractivity contribution in [3.05, 3.63) is 270 Å². The standard InChI is InChI=1S/C66H45NOS/c1-65(2)52-25-9-7-23-50(52)63-56(65)29-17-30-58(63)67(46-36-34-43(35-37-46)64-62(51-24-8-13-31-59(51)68-64)45-21-16-20-44(40-45)42-18-4-3-5-19-42)47-38-39-49-48-22-6-10-26-53(48)66(57(49)41-47)54-27-11-14-32-60(54)69-61-33-15-12-28-55(61)66/h3-41H,1-2H3. The van der Waals surface area contributed by atoms with Gasteiger partial charge in [0.15, 0.2) is 0 Å². The van der Waals surface area contributed by atoms with E-state index in [4.69, 9.17) is 4.42 Å². The maximum atomic E-state index is 6.86. The van der Waals surface area contributed by atoms with Crippen molar-refractivity contribution in [1.29, 1.82) is 0 Å². The molecule has 2 heterocycles. The highest BCUT2D eigenvalue weighted by atomic mass is 32.2. The van der Waals surface area contributed by atoms with Gasteiger partial charge in [-0.3, -0.25) is 0 Å². The minimum atomic E-state index is -0.501. The van der Waals surface area contributed by atoms with Gasteiger partial charge in [0.2, 0.25) is 0 Å². The van der Waals surface area contributed by atoms with Crippen molar-refractivity contribution in [2.45, 2.75) is 34.5 Å². The van der Waals surface area contributed by atoms with E-state index < -0.39 is 5.41 Å². The molecule has 69 heavy (non-hydrogen) atoms. The fourth-order valence-corrected chi connectivity index (χ4v) is 13.3. The molecule has 14 rings (SSSR count). The number of anilines is 3. The highest BCUT2D eigenvalue weighted by molar-refractivity contribution is 7.99. The fraction of sp³-hybridized carbons (Fsp3) is 0.0606. The maximum absolute atomic E-state index is 6.86. The molecule has 0 N–H and O–H groups in total. The average Bonchev–Trinajstić information content (AvgIpc) is 4.01. The summed E-state index contributed by atoms with van der Waals surface area (Å²) >= 11 is 1.89. The minimum absolute atomic E-state index is 0.163. The van der Waals surface area contributed by atoms with Crippen molar-refractivity contribution < 1.29 is 4.42 Å². The zero-order valence-electron chi connectivity index (χ0n) is 38.3. The molecule has 1 aromatic heterocycles. The summed E-state index contributed by atoms with van der Waals surface area (Å²) in [5, 5.41) is 1.10. The van der Waals surface area contributed by atoms with Crippen LogP contribution >= 0.6 is 11.8 Å². The molecule has 0 unspecified atom stereocenters. The number of para-hydroxylation sites is 1. The first kappa shape index (κ1) is 40.0. The van der Waals surface area contributed by atoms with Crippen LogP contribution in [0.5, 0.6) is 0 Å². The molecule has 326 valence electrons. The Morgan fingerprint density at radius 2 is 0.957 bits per heavy atom. The van der Waals surface area contributed by atoms with Gasteiger partial charge in [-0.25, -0.2) is 0 Å². The Balaban J connectivity index is 0.989. The normalized spacial score (nSPS) is 14.1. The second-order valence-corrected chi connectivity index (χ2v) is 20.2. The monoisotopic (exact) mass is 899 g/mol. The summed E-state index contributed by atoms with van der Waals surface area (Å²) in [4.78, 5) is 5.11. The summed E-state index contributed by atoms with van der Waals surface area (Å²) in [5.74, 6) is 0.862. The van der Waals surface area contributed by atoms with Crippen molar-refractivity contribution in [3.63, 3.8) is 0 Å². The van der Waals surface area contributed by atoms with Gasteiger partial charge in [-0.2, -0.15) is 0 Å². The third kappa shape index (κ3) is 5.81. The predicted molar refractivity (Wildman–Crippen MR) is 286 cm³/mol. The molecule has 0 amide bonds. The van der Waals surface area contributed by atoms with Crippen LogP contribution in [0.1, 0.15) is 47.2 Å². The van der Waals surface area contributed by atoms with Gasteiger partial charge in [-0.05, 0) is 133 Å². The number of nitrogens with zero attached hydrogens (tertiary/aromatic N) is 1. The lowest BCUT2D eigenvalue weighted by Gasteiger charge is -2.40. The molecule has 1 aliphatic heterocycles. The van der Waals surface area contributed by atoms with E-state index in [1.165, 1.54) is 76.6 Å². The van der Waals surface area contributed by atoms with Crippen molar-refractivity contribution >= 4 is 39.8 Å². The molecule has 10 aromatic carbocycles. The van der Waals surface area contributed by atoms with Crippen molar-refractivity contribution in [2.75, 3.05) is 4.90 Å². The first-order valence-electron chi connectivity index (χ1n) is 23.9. The van der Waals surface area contributed by atoms with Crippen LogP contribution in [0.3, 0.4) is 0 Å². The molecular weight excluding hydrogens is 855 g/mol. The minimum Gasteiger partial charge on any atom is -0.455 e. The van der Waals surface area contributed by atoms with E-state index in [0.717, 1.165) is 50.5 Å². The molecule has 0 saturated heterocycles. The van der Waals surface area contributed by atoms with Gasteiger partial charge >= 0.3 is 0 Å². The van der Waals surface area contributed by atoms with Gasteiger partial charge in [0, 0.05) is 48.7 Å². The summed E-state index contributed by atoms with van der Waals surface area (Å²) < 4.78 is 6.86. The molecule has 0 fully saturated rings. The SMILES string of the molecule is CC1(C)c2ccccc2-c2c(N(c3ccc(-c4oc5ccccc5c4-c4cccc(-c5ccccc5)c4)cc3)c3ccc4c(c3)C3(c5ccccc5Sc5ccccc53)c3ccccc3-4)cccc21. The largest absolute Gasteiger partial charge is 0.455 e. The lowest BCUT2D eigenvalue weighted by atomic mass is 9.67. The van der Waals surface area contributed by atoms with Crippen LogP contribution in [0.15, 0.2) is 251 Å². The lowest BCUT2D eigenvalue weighted by Crippen LogP contribution is -2.32. The summed E-state index contributed by atoms with van der Waals surface area (Å²) in [7, 11) is 0. The van der Waals surface area contributed by atoms with E-state index in [1.807, 2.05) is 11.8 Å². The number of rotatable bonds is 6. The molecule has 3 aliphatic rings. The third-order valence-corrected chi connectivity index (χ3v) is 16.3. The van der Waals surface area contributed by atoms with Crippen LogP contribution in [0.25, 0.3) is 66.8 Å². The Morgan fingerprint density at radius 1 is 0.377 bits per heavy atom. The zero-order chi connectivity index (χ0) is 45.8. The average molecular weight is 900 g/mol. The van der Waals surface area contributed by atoms with Crippen LogP contribution < -0.4 is 4.90 Å². The molecule has 11 aromatic rings. The van der Waals surface area contributed by atoms with Crippen LogP contribution in [0, 0.1) is 0 Å². The lowest BCUT2D eigenvalue weighted by molar-refractivity contribution is 0.632. The van der Waals surface area contributed by atoms with Gasteiger partial charge in [0.25, 0.3) is 0 Å². The Morgan fingerprint density at radius 3 is 1.74 bits per heavy atom. The van der Waals surface area contributed by atoms with E-state index in [1.54, 1.807) is 0 Å². The predicted octanol–water partition coefficient (Wildman–Crippen LogP) is 18.0. The number of hydrogen-bond acceptors (Lipinski definition) is 3. The van der Waals surface area contributed by atoms with E-state index in [2.05, 4.69) is 255 Å². The van der Waals surface area contributed by atoms with E-state index in [0.29, 0.717) is 0 Å². The summed E-state index contributed by atoms with van der Waals surface area (Å²) in [6.07, 6.45) is 0. The highest BCUT2D eigenvalue weighted by Gasteiger charge is 2.50. The Labute approximate surface area is 407 Å². The topological polar surface area (TPSA) is 16.4 Å². The quantitative estimate of drug-likeness (QED) is 0.165. The Bertz CT molecular complexity index is 3810. The zero-order valence-corrected chi connectivity index (χ0v) is 39.1. The summed E-state index contributed by atoms with van der Waals surface area (Å²) in [6, 6.07) is 87.3. The first-order chi connectivity index (χ1) is 34.0. The van der Waals surface area contributed by atoms with Crippen molar-refractivity contribution in [1.82, 2.24) is 0 Å². The smallest absolute Gasteiger partial charge is 0.143 e. The van der Waals surface area contributed by atoms with E-state index in [-0.39, 0.29) is 5.41 Å². The summed E-state index contributed by atoms with van der Waals surface area (Å²) in [6.45, 7) is 4.74. The Hall–Kier alpha value is -8.11. The van der Waals surface area contributed by atoms with Crippen molar-refractivity contribution in [2.24, 2.45) is 0 Å². The van der Waals surface area contributed by atoms with Crippen LogP contribution in [-0.2, 0) is 10.8 Å². The fourth-order valence-electron chi connectivity index (χ4n) is 12.1. The second-order valence-electron chi connectivity index (χ2n) is 19.1.